The van der Waals surface area contributed by atoms with Gasteiger partial charge in [-0.05, 0) is 37.3 Å². The summed E-state index contributed by atoms with van der Waals surface area (Å²) < 4.78 is 2.00. The summed E-state index contributed by atoms with van der Waals surface area (Å²) in [5, 5.41) is 7.59. The fourth-order valence-electron chi connectivity index (χ4n) is 2.33. The molecule has 0 saturated heterocycles. The molecule has 0 radical (unpaired) electrons. The summed E-state index contributed by atoms with van der Waals surface area (Å²) >= 11 is 0. The Morgan fingerprint density at radius 3 is 2.78 bits per heavy atom. The first-order valence-electron chi connectivity index (χ1n) is 6.32. The third-order valence-electron chi connectivity index (χ3n) is 3.35. The summed E-state index contributed by atoms with van der Waals surface area (Å²) in [5.41, 5.74) is 1.09. The first-order chi connectivity index (χ1) is 8.79. The van der Waals surface area contributed by atoms with E-state index in [-0.39, 0.29) is 0 Å². The highest BCUT2D eigenvalue weighted by Gasteiger charge is 2.29. The Labute approximate surface area is 106 Å². The van der Waals surface area contributed by atoms with Crippen molar-refractivity contribution in [2.45, 2.75) is 32.4 Å². The van der Waals surface area contributed by atoms with Crippen molar-refractivity contribution in [1.82, 2.24) is 19.7 Å². The summed E-state index contributed by atoms with van der Waals surface area (Å²) in [6.45, 7) is 3.01. The lowest BCUT2D eigenvalue weighted by Crippen LogP contribution is -2.38. The van der Waals surface area contributed by atoms with E-state index >= 15 is 0 Å². The highest BCUT2D eigenvalue weighted by Crippen LogP contribution is 2.30. The first kappa shape index (κ1) is 11.2. The number of hydrogen-bond acceptors (Lipinski definition) is 4. The highest BCUT2D eigenvalue weighted by molar-refractivity contribution is 5.27. The predicted octanol–water partition coefficient (Wildman–Crippen LogP) is 1.87. The van der Waals surface area contributed by atoms with Crippen molar-refractivity contribution in [3.63, 3.8) is 0 Å². The molecule has 0 unspecified atom stereocenters. The van der Waals surface area contributed by atoms with Crippen LogP contribution in [0.1, 0.15) is 18.4 Å². The zero-order chi connectivity index (χ0) is 12.4. The number of aryl methyl sites for hydroxylation is 1. The molecule has 1 saturated carbocycles. The van der Waals surface area contributed by atoms with Crippen molar-refractivity contribution in [2.24, 2.45) is 5.92 Å². The molecule has 0 atom stereocenters. The average Bonchev–Trinajstić information content (AvgIpc) is 2.82. The van der Waals surface area contributed by atoms with Crippen molar-refractivity contribution in [3.05, 3.63) is 36.4 Å². The monoisotopic (exact) mass is 243 g/mol. The lowest BCUT2D eigenvalue weighted by atomic mass is 9.80. The molecule has 0 bridgehead atoms. The molecule has 2 aromatic rings. The summed E-state index contributed by atoms with van der Waals surface area (Å²) in [6.07, 6.45) is 9.86. The van der Waals surface area contributed by atoms with Crippen molar-refractivity contribution in [2.75, 3.05) is 5.32 Å². The van der Waals surface area contributed by atoms with Gasteiger partial charge in [0.2, 0.25) is 5.95 Å². The zero-order valence-electron chi connectivity index (χ0n) is 10.5. The second-order valence-electron chi connectivity index (χ2n) is 4.99. The highest BCUT2D eigenvalue weighted by atomic mass is 15.3. The first-order valence-corrected chi connectivity index (χ1v) is 6.32. The largest absolute Gasteiger partial charge is 0.351 e. The van der Waals surface area contributed by atoms with Gasteiger partial charge in [0.1, 0.15) is 0 Å². The van der Waals surface area contributed by atoms with E-state index in [0.29, 0.717) is 12.0 Å². The van der Waals surface area contributed by atoms with Gasteiger partial charge in [-0.25, -0.2) is 9.97 Å². The average molecular weight is 243 g/mol. The van der Waals surface area contributed by atoms with Gasteiger partial charge in [-0.1, -0.05) is 0 Å². The van der Waals surface area contributed by atoms with Crippen LogP contribution in [0.3, 0.4) is 0 Å². The Kier molecular flexibility index (Phi) is 2.96. The van der Waals surface area contributed by atoms with Gasteiger partial charge in [0, 0.05) is 37.4 Å². The molecule has 94 valence electrons. The number of rotatable bonds is 4. The molecule has 3 rings (SSSR count). The summed E-state index contributed by atoms with van der Waals surface area (Å²) in [5.74, 6) is 1.45. The van der Waals surface area contributed by atoms with Crippen LogP contribution in [-0.2, 0) is 6.54 Å². The van der Waals surface area contributed by atoms with Gasteiger partial charge in [0.25, 0.3) is 0 Å². The molecule has 0 amide bonds. The molecule has 5 heteroatoms. The van der Waals surface area contributed by atoms with Gasteiger partial charge in [-0.3, -0.25) is 4.68 Å². The van der Waals surface area contributed by atoms with Crippen LogP contribution in [-0.4, -0.2) is 25.8 Å². The van der Waals surface area contributed by atoms with Gasteiger partial charge in [0.05, 0.1) is 0 Å². The quantitative estimate of drug-likeness (QED) is 0.890. The van der Waals surface area contributed by atoms with E-state index in [4.69, 9.17) is 0 Å². The standard InChI is InChI=1S/C13H17N5/c1-10-7-14-13(15-8-10)17-12-5-11(6-12)9-18-4-2-3-16-18/h2-4,7-8,11-12H,5-6,9H2,1H3,(H,14,15,17). The molecule has 5 nitrogen and oxygen atoms in total. The lowest BCUT2D eigenvalue weighted by molar-refractivity contribution is 0.240. The van der Waals surface area contributed by atoms with Crippen LogP contribution in [0.5, 0.6) is 0 Å². The smallest absolute Gasteiger partial charge is 0.222 e. The minimum absolute atomic E-state index is 0.508. The Morgan fingerprint density at radius 1 is 1.33 bits per heavy atom. The van der Waals surface area contributed by atoms with Crippen LogP contribution in [0.4, 0.5) is 5.95 Å². The van der Waals surface area contributed by atoms with Crippen molar-refractivity contribution in [3.8, 4) is 0 Å². The normalized spacial score (nSPS) is 22.5. The fourth-order valence-corrected chi connectivity index (χ4v) is 2.33. The minimum Gasteiger partial charge on any atom is -0.351 e. The van der Waals surface area contributed by atoms with Crippen LogP contribution in [0, 0.1) is 12.8 Å². The maximum atomic E-state index is 4.26. The molecule has 0 spiro atoms. The Balaban J connectivity index is 1.46. The molecule has 0 aromatic carbocycles. The third kappa shape index (κ3) is 2.50. The molecule has 1 aliphatic carbocycles. The molecule has 2 aromatic heterocycles. The molecule has 2 heterocycles. The van der Waals surface area contributed by atoms with Crippen LogP contribution in [0.2, 0.25) is 0 Å². The van der Waals surface area contributed by atoms with Crippen molar-refractivity contribution < 1.29 is 0 Å². The second-order valence-corrected chi connectivity index (χ2v) is 4.99. The van der Waals surface area contributed by atoms with Crippen LogP contribution in [0.15, 0.2) is 30.9 Å². The van der Waals surface area contributed by atoms with E-state index in [1.165, 1.54) is 0 Å². The number of hydrogen-bond donors (Lipinski definition) is 1. The predicted molar refractivity (Wildman–Crippen MR) is 69.1 cm³/mol. The minimum atomic E-state index is 0.508. The maximum Gasteiger partial charge on any atom is 0.222 e. The molecule has 1 fully saturated rings. The number of nitrogens with zero attached hydrogens (tertiary/aromatic N) is 4. The summed E-state index contributed by atoms with van der Waals surface area (Å²) in [7, 11) is 0. The Bertz CT molecular complexity index is 485. The van der Waals surface area contributed by atoms with Crippen molar-refractivity contribution in [1.29, 1.82) is 0 Å². The molecule has 1 aliphatic rings. The molecular weight excluding hydrogens is 226 g/mol. The van der Waals surface area contributed by atoms with E-state index in [0.717, 1.165) is 30.9 Å². The Morgan fingerprint density at radius 2 is 2.11 bits per heavy atom. The molecular formula is C13H17N5. The third-order valence-corrected chi connectivity index (χ3v) is 3.35. The van der Waals surface area contributed by atoms with Gasteiger partial charge in [-0.15, -0.1) is 0 Å². The van der Waals surface area contributed by atoms with E-state index in [9.17, 15) is 0 Å². The second kappa shape index (κ2) is 4.76. The fraction of sp³-hybridized carbons (Fsp3) is 0.462. The maximum absolute atomic E-state index is 4.26. The van der Waals surface area contributed by atoms with E-state index < -0.39 is 0 Å². The zero-order valence-corrected chi connectivity index (χ0v) is 10.5. The molecule has 1 N–H and O–H groups in total. The molecule has 18 heavy (non-hydrogen) atoms. The number of nitrogens with one attached hydrogen (secondary N) is 1. The lowest BCUT2D eigenvalue weighted by Gasteiger charge is -2.35. The Hall–Kier alpha value is -1.91. The van der Waals surface area contributed by atoms with E-state index in [1.54, 1.807) is 0 Å². The SMILES string of the molecule is Cc1cnc(NC2CC(Cn3cccn3)C2)nc1. The van der Waals surface area contributed by atoms with Crippen LogP contribution >= 0.6 is 0 Å². The van der Waals surface area contributed by atoms with E-state index in [2.05, 4.69) is 20.4 Å². The number of aromatic nitrogens is 4. The van der Waals surface area contributed by atoms with E-state index in [1.807, 2.05) is 42.5 Å². The summed E-state index contributed by atoms with van der Waals surface area (Å²) in [4.78, 5) is 8.52. The molecule has 0 aliphatic heterocycles. The van der Waals surface area contributed by atoms with Crippen LogP contribution < -0.4 is 5.32 Å². The summed E-state index contributed by atoms with van der Waals surface area (Å²) in [6, 6.07) is 2.47. The van der Waals surface area contributed by atoms with Crippen molar-refractivity contribution >= 4 is 5.95 Å². The van der Waals surface area contributed by atoms with Crippen LogP contribution in [0.25, 0.3) is 0 Å². The van der Waals surface area contributed by atoms with Gasteiger partial charge in [-0.2, -0.15) is 5.10 Å². The van der Waals surface area contributed by atoms with Gasteiger partial charge < -0.3 is 5.32 Å². The number of anilines is 1. The van der Waals surface area contributed by atoms with Gasteiger partial charge in [0.15, 0.2) is 0 Å². The van der Waals surface area contributed by atoms with Gasteiger partial charge >= 0.3 is 0 Å². The topological polar surface area (TPSA) is 55.6 Å².